The summed E-state index contributed by atoms with van der Waals surface area (Å²) in [6.45, 7) is 0. The molecule has 1 aromatic carbocycles. The van der Waals surface area contributed by atoms with Gasteiger partial charge < -0.3 is 4.57 Å². The molecular weight excluding hydrogens is 255 g/mol. The van der Waals surface area contributed by atoms with Crippen molar-refractivity contribution in [3.05, 3.63) is 52.8 Å². The number of aromatic nitrogens is 2. The molecule has 1 aromatic heterocycles. The summed E-state index contributed by atoms with van der Waals surface area (Å²) in [5.74, 6) is 5.85. The Hall–Kier alpha value is -1.43. The lowest BCUT2D eigenvalue weighted by Gasteiger charge is -2.16. The monoisotopic (exact) mass is 268 g/mol. The summed E-state index contributed by atoms with van der Waals surface area (Å²) in [7, 11) is 1.86. The van der Waals surface area contributed by atoms with Crippen LogP contribution in [0.1, 0.15) is 17.4 Å². The number of imidazole rings is 1. The normalized spacial score (nSPS) is 12.7. The minimum Gasteiger partial charge on any atom is -0.337 e. The van der Waals surface area contributed by atoms with Gasteiger partial charge in [0.2, 0.25) is 0 Å². The van der Waals surface area contributed by atoms with Gasteiger partial charge in [0.25, 0.3) is 0 Å². The van der Waals surface area contributed by atoms with Gasteiger partial charge >= 0.3 is 0 Å². The summed E-state index contributed by atoms with van der Waals surface area (Å²) in [4.78, 5) is 4.20. The summed E-state index contributed by atoms with van der Waals surface area (Å²) in [6.07, 6.45) is 3.87. The van der Waals surface area contributed by atoms with Crippen molar-refractivity contribution in [3.63, 3.8) is 0 Å². The maximum Gasteiger partial charge on any atom is 0.145 e. The molecule has 0 bridgehead atoms. The molecule has 1 heterocycles. The Labute approximate surface area is 110 Å². The molecule has 18 heavy (non-hydrogen) atoms. The van der Waals surface area contributed by atoms with Crippen LogP contribution in [0.4, 0.5) is 4.39 Å². The predicted octanol–water partition coefficient (Wildman–Crippen LogP) is 1.96. The quantitative estimate of drug-likeness (QED) is 0.658. The number of hydrazine groups is 1. The van der Waals surface area contributed by atoms with E-state index >= 15 is 0 Å². The highest BCUT2D eigenvalue weighted by Gasteiger charge is 2.17. The van der Waals surface area contributed by atoms with Crippen molar-refractivity contribution < 1.29 is 4.39 Å². The first-order valence-electron chi connectivity index (χ1n) is 5.49. The summed E-state index contributed by atoms with van der Waals surface area (Å²) < 4.78 is 15.7. The van der Waals surface area contributed by atoms with Crippen molar-refractivity contribution in [2.75, 3.05) is 0 Å². The smallest absolute Gasteiger partial charge is 0.145 e. The van der Waals surface area contributed by atoms with Crippen molar-refractivity contribution >= 4 is 11.6 Å². The minimum atomic E-state index is -0.409. The highest BCUT2D eigenvalue weighted by molar-refractivity contribution is 6.30. The van der Waals surface area contributed by atoms with Crippen LogP contribution in [0.5, 0.6) is 0 Å². The van der Waals surface area contributed by atoms with Crippen LogP contribution in [0.2, 0.25) is 5.02 Å². The Morgan fingerprint density at radius 2 is 2.33 bits per heavy atom. The first kappa shape index (κ1) is 13.0. The van der Waals surface area contributed by atoms with Gasteiger partial charge in [-0.1, -0.05) is 23.7 Å². The summed E-state index contributed by atoms with van der Waals surface area (Å²) >= 11 is 5.75. The fourth-order valence-electron chi connectivity index (χ4n) is 1.86. The van der Waals surface area contributed by atoms with Crippen LogP contribution < -0.4 is 11.3 Å². The molecule has 3 N–H and O–H groups in total. The first-order valence-corrected chi connectivity index (χ1v) is 5.87. The number of hydrogen-bond donors (Lipinski definition) is 2. The number of aryl methyl sites for hydroxylation is 1. The molecule has 6 heteroatoms. The number of nitrogens with zero attached hydrogens (tertiary/aromatic N) is 2. The van der Waals surface area contributed by atoms with E-state index in [0.717, 1.165) is 5.82 Å². The second-order valence-electron chi connectivity index (χ2n) is 4.03. The third kappa shape index (κ3) is 2.53. The van der Waals surface area contributed by atoms with Gasteiger partial charge in [-0.2, -0.15) is 0 Å². The minimum absolute atomic E-state index is 0.114. The van der Waals surface area contributed by atoms with Crippen LogP contribution in [0.3, 0.4) is 0 Å². The zero-order valence-electron chi connectivity index (χ0n) is 9.90. The maximum absolute atomic E-state index is 13.8. The number of nitrogens with two attached hydrogens (primary N) is 1. The van der Waals surface area contributed by atoms with Crippen LogP contribution in [-0.4, -0.2) is 9.55 Å². The largest absolute Gasteiger partial charge is 0.337 e. The van der Waals surface area contributed by atoms with Gasteiger partial charge in [-0.05, 0) is 18.1 Å². The number of hydrogen-bond acceptors (Lipinski definition) is 3. The van der Waals surface area contributed by atoms with E-state index in [4.69, 9.17) is 17.4 Å². The second kappa shape index (κ2) is 5.48. The van der Waals surface area contributed by atoms with Crippen molar-refractivity contribution in [1.82, 2.24) is 15.0 Å². The molecule has 0 aliphatic heterocycles. The maximum atomic E-state index is 13.8. The summed E-state index contributed by atoms with van der Waals surface area (Å²) in [5.41, 5.74) is 3.16. The van der Waals surface area contributed by atoms with Crippen molar-refractivity contribution in [3.8, 4) is 0 Å². The van der Waals surface area contributed by atoms with Gasteiger partial charge in [-0.15, -0.1) is 0 Å². The lowest BCUT2D eigenvalue weighted by molar-refractivity contribution is 0.494. The van der Waals surface area contributed by atoms with E-state index in [9.17, 15) is 4.39 Å². The Bertz CT molecular complexity index is 541. The lowest BCUT2D eigenvalue weighted by Crippen LogP contribution is -2.31. The van der Waals surface area contributed by atoms with Crippen molar-refractivity contribution in [1.29, 1.82) is 0 Å². The molecule has 1 atom stereocenters. The molecule has 0 aliphatic rings. The molecule has 0 fully saturated rings. The van der Waals surface area contributed by atoms with Crippen LogP contribution in [-0.2, 0) is 13.5 Å². The average Bonchev–Trinajstić information content (AvgIpc) is 2.77. The molecule has 96 valence electrons. The fourth-order valence-corrected chi connectivity index (χ4v) is 2.06. The number of rotatable bonds is 4. The molecule has 1 unspecified atom stereocenters. The van der Waals surface area contributed by atoms with Gasteiger partial charge in [0.1, 0.15) is 11.6 Å². The Morgan fingerprint density at radius 3 is 2.94 bits per heavy atom. The summed E-state index contributed by atoms with van der Waals surface area (Å²) in [5, 5.41) is 0.114. The molecule has 0 spiro atoms. The van der Waals surface area contributed by atoms with Gasteiger partial charge in [0.15, 0.2) is 0 Å². The predicted molar refractivity (Wildman–Crippen MR) is 68.4 cm³/mol. The van der Waals surface area contributed by atoms with Crippen LogP contribution >= 0.6 is 11.6 Å². The number of nitrogens with one attached hydrogen (secondary N) is 1. The van der Waals surface area contributed by atoms with E-state index in [1.165, 1.54) is 6.07 Å². The molecule has 0 aliphatic carbocycles. The van der Waals surface area contributed by atoms with E-state index in [2.05, 4.69) is 10.4 Å². The molecule has 0 saturated heterocycles. The zero-order valence-corrected chi connectivity index (χ0v) is 10.7. The van der Waals surface area contributed by atoms with Gasteiger partial charge in [-0.3, -0.25) is 5.84 Å². The highest BCUT2D eigenvalue weighted by atomic mass is 35.5. The molecule has 2 rings (SSSR count). The highest BCUT2D eigenvalue weighted by Crippen LogP contribution is 2.22. The molecule has 2 aromatic rings. The first-order chi connectivity index (χ1) is 8.63. The molecule has 0 amide bonds. The van der Waals surface area contributed by atoms with Gasteiger partial charge in [-0.25, -0.2) is 14.8 Å². The Kier molecular flexibility index (Phi) is 3.96. The third-order valence-corrected chi connectivity index (χ3v) is 3.12. The third-order valence-electron chi connectivity index (χ3n) is 2.83. The zero-order chi connectivity index (χ0) is 13.1. The Balaban J connectivity index is 2.26. The molecular formula is C12H14ClFN4. The van der Waals surface area contributed by atoms with E-state index in [0.29, 0.717) is 12.0 Å². The SMILES string of the molecule is Cn1ccnc1C(Cc1cccc(Cl)c1F)NN. The topological polar surface area (TPSA) is 55.9 Å². The molecule has 0 saturated carbocycles. The van der Waals surface area contributed by atoms with E-state index in [1.807, 2.05) is 17.8 Å². The molecule has 4 nitrogen and oxygen atoms in total. The summed E-state index contributed by atoms with van der Waals surface area (Å²) in [6, 6.07) is 4.66. The lowest BCUT2D eigenvalue weighted by atomic mass is 10.1. The van der Waals surface area contributed by atoms with Gasteiger partial charge in [0.05, 0.1) is 11.1 Å². The van der Waals surface area contributed by atoms with E-state index in [1.54, 1.807) is 18.3 Å². The van der Waals surface area contributed by atoms with Crippen LogP contribution in [0.25, 0.3) is 0 Å². The number of halogens is 2. The number of benzene rings is 1. The van der Waals surface area contributed by atoms with E-state index in [-0.39, 0.29) is 11.1 Å². The van der Waals surface area contributed by atoms with Crippen molar-refractivity contribution in [2.45, 2.75) is 12.5 Å². The van der Waals surface area contributed by atoms with Gasteiger partial charge in [0, 0.05) is 19.4 Å². The molecule has 0 radical (unpaired) electrons. The fraction of sp³-hybridized carbons (Fsp3) is 0.250. The van der Waals surface area contributed by atoms with E-state index < -0.39 is 5.82 Å². The van der Waals surface area contributed by atoms with Crippen LogP contribution in [0.15, 0.2) is 30.6 Å². The Morgan fingerprint density at radius 1 is 1.56 bits per heavy atom. The standard InChI is InChI=1S/C12H14ClFN4/c1-18-6-5-16-12(18)10(17-15)7-8-3-2-4-9(13)11(8)14/h2-6,10,17H,7,15H2,1H3. The second-order valence-corrected chi connectivity index (χ2v) is 4.44. The van der Waals surface area contributed by atoms with Crippen LogP contribution in [0, 0.1) is 5.82 Å². The van der Waals surface area contributed by atoms with Crippen molar-refractivity contribution in [2.24, 2.45) is 12.9 Å². The average molecular weight is 269 g/mol.